The van der Waals surface area contributed by atoms with Crippen molar-refractivity contribution in [3.05, 3.63) is 18.3 Å². The van der Waals surface area contributed by atoms with E-state index in [-0.39, 0.29) is 6.04 Å². The predicted octanol–water partition coefficient (Wildman–Crippen LogP) is 0.779. The van der Waals surface area contributed by atoms with Crippen molar-refractivity contribution >= 4 is 11.2 Å². The van der Waals surface area contributed by atoms with Crippen LogP contribution in [0.1, 0.15) is 24.7 Å². The van der Waals surface area contributed by atoms with Crippen molar-refractivity contribution in [1.82, 2.24) is 19.9 Å². The van der Waals surface area contributed by atoms with E-state index < -0.39 is 0 Å². The van der Waals surface area contributed by atoms with E-state index >= 15 is 0 Å². The summed E-state index contributed by atoms with van der Waals surface area (Å²) in [6.45, 7) is 0.716. The van der Waals surface area contributed by atoms with E-state index in [1.54, 1.807) is 13.3 Å². The molecule has 16 heavy (non-hydrogen) atoms. The molecule has 0 radical (unpaired) electrons. The minimum atomic E-state index is -0.107. The van der Waals surface area contributed by atoms with Crippen molar-refractivity contribution in [2.24, 2.45) is 5.73 Å². The summed E-state index contributed by atoms with van der Waals surface area (Å²) in [7, 11) is 1.68. The number of nitrogens with one attached hydrogen (secondary N) is 1. The van der Waals surface area contributed by atoms with E-state index in [1.165, 1.54) is 6.33 Å². The Labute approximate surface area is 93.3 Å². The third kappa shape index (κ3) is 2.34. The Morgan fingerprint density at radius 1 is 1.56 bits per heavy atom. The molecule has 2 heterocycles. The summed E-state index contributed by atoms with van der Waals surface area (Å²) in [6, 6.07) is -0.107. The summed E-state index contributed by atoms with van der Waals surface area (Å²) in [6.07, 6.45) is 4.92. The fourth-order valence-corrected chi connectivity index (χ4v) is 1.54. The molecule has 6 heteroatoms. The highest BCUT2D eigenvalue weighted by atomic mass is 16.5. The van der Waals surface area contributed by atoms with Crippen molar-refractivity contribution < 1.29 is 4.74 Å². The summed E-state index contributed by atoms with van der Waals surface area (Å²) in [4.78, 5) is 15.4. The highest BCUT2D eigenvalue weighted by Crippen LogP contribution is 2.15. The van der Waals surface area contributed by atoms with Crippen LogP contribution in [-0.4, -0.2) is 33.7 Å². The fraction of sp³-hybridized carbons (Fsp3) is 0.500. The molecule has 0 fully saturated rings. The molecule has 0 aromatic carbocycles. The van der Waals surface area contributed by atoms with Gasteiger partial charge in [-0.25, -0.2) is 15.0 Å². The summed E-state index contributed by atoms with van der Waals surface area (Å²) in [5.74, 6) is 0.756. The van der Waals surface area contributed by atoms with Gasteiger partial charge in [-0.1, -0.05) is 0 Å². The monoisotopic (exact) mass is 221 g/mol. The zero-order valence-corrected chi connectivity index (χ0v) is 9.18. The van der Waals surface area contributed by atoms with E-state index in [9.17, 15) is 0 Å². The van der Waals surface area contributed by atoms with Gasteiger partial charge in [-0.2, -0.15) is 0 Å². The van der Waals surface area contributed by atoms with Crippen LogP contribution in [0.15, 0.2) is 12.5 Å². The highest BCUT2D eigenvalue weighted by Gasteiger charge is 2.11. The van der Waals surface area contributed by atoms with Gasteiger partial charge in [-0.05, 0) is 12.8 Å². The van der Waals surface area contributed by atoms with Crippen LogP contribution in [0.4, 0.5) is 0 Å². The fourth-order valence-electron chi connectivity index (χ4n) is 1.54. The molecule has 0 spiro atoms. The van der Waals surface area contributed by atoms with Crippen LogP contribution in [0.3, 0.4) is 0 Å². The van der Waals surface area contributed by atoms with E-state index in [2.05, 4.69) is 19.9 Å². The first kappa shape index (κ1) is 11.0. The maximum absolute atomic E-state index is 6.00. The Balaban J connectivity index is 2.07. The van der Waals surface area contributed by atoms with Gasteiger partial charge in [0.15, 0.2) is 5.65 Å². The lowest BCUT2D eigenvalue weighted by molar-refractivity contribution is 0.190. The van der Waals surface area contributed by atoms with Gasteiger partial charge < -0.3 is 15.5 Å². The van der Waals surface area contributed by atoms with Crippen LogP contribution < -0.4 is 5.73 Å². The average molecular weight is 221 g/mol. The minimum absolute atomic E-state index is 0.107. The van der Waals surface area contributed by atoms with E-state index in [0.717, 1.165) is 24.2 Å². The number of rotatable bonds is 5. The standard InChI is InChI=1S/C10H15N5O/c1-16-4-2-3-7(11)9-14-8-5-12-6-13-10(8)15-9/h5-7H,2-4,11H2,1H3,(H,12,13,14,15). The lowest BCUT2D eigenvalue weighted by Crippen LogP contribution is -2.12. The van der Waals surface area contributed by atoms with Crippen LogP contribution >= 0.6 is 0 Å². The minimum Gasteiger partial charge on any atom is -0.385 e. The molecule has 0 amide bonds. The molecule has 0 aliphatic heterocycles. The molecule has 1 atom stereocenters. The van der Waals surface area contributed by atoms with Crippen molar-refractivity contribution in [2.45, 2.75) is 18.9 Å². The number of hydrogen-bond donors (Lipinski definition) is 2. The van der Waals surface area contributed by atoms with Crippen LogP contribution in [-0.2, 0) is 4.74 Å². The van der Waals surface area contributed by atoms with Crippen molar-refractivity contribution in [1.29, 1.82) is 0 Å². The first-order valence-electron chi connectivity index (χ1n) is 5.21. The molecule has 3 N–H and O–H groups in total. The van der Waals surface area contributed by atoms with Gasteiger partial charge in [0.25, 0.3) is 0 Å². The SMILES string of the molecule is COCCCC(N)c1nc2ncncc2[nH]1. The van der Waals surface area contributed by atoms with Crippen LogP contribution in [0.25, 0.3) is 11.2 Å². The van der Waals surface area contributed by atoms with Gasteiger partial charge in [0.1, 0.15) is 17.7 Å². The van der Waals surface area contributed by atoms with Crippen LogP contribution in [0.5, 0.6) is 0 Å². The lowest BCUT2D eigenvalue weighted by Gasteiger charge is -2.07. The van der Waals surface area contributed by atoms with Gasteiger partial charge in [0, 0.05) is 13.7 Å². The predicted molar refractivity (Wildman–Crippen MR) is 59.7 cm³/mol. The number of aromatic amines is 1. The summed E-state index contributed by atoms with van der Waals surface area (Å²) >= 11 is 0. The summed E-state index contributed by atoms with van der Waals surface area (Å²) in [5, 5.41) is 0. The van der Waals surface area contributed by atoms with E-state index in [4.69, 9.17) is 10.5 Å². The first-order valence-corrected chi connectivity index (χ1v) is 5.21. The second-order valence-corrected chi connectivity index (χ2v) is 3.62. The van der Waals surface area contributed by atoms with Crippen LogP contribution in [0.2, 0.25) is 0 Å². The molecule has 0 saturated carbocycles. The Morgan fingerprint density at radius 2 is 2.44 bits per heavy atom. The molecule has 0 saturated heterocycles. The summed E-state index contributed by atoms with van der Waals surface area (Å²) in [5.41, 5.74) is 7.48. The van der Waals surface area contributed by atoms with Gasteiger partial charge in [0.2, 0.25) is 0 Å². The molecular weight excluding hydrogens is 206 g/mol. The number of nitrogens with zero attached hydrogens (tertiary/aromatic N) is 3. The third-order valence-electron chi connectivity index (χ3n) is 2.40. The maximum Gasteiger partial charge on any atom is 0.180 e. The van der Waals surface area contributed by atoms with Gasteiger partial charge in [0.05, 0.1) is 12.2 Å². The Morgan fingerprint density at radius 3 is 3.19 bits per heavy atom. The highest BCUT2D eigenvalue weighted by molar-refractivity contribution is 5.68. The van der Waals surface area contributed by atoms with Crippen molar-refractivity contribution in [3.63, 3.8) is 0 Å². The molecule has 6 nitrogen and oxygen atoms in total. The van der Waals surface area contributed by atoms with Gasteiger partial charge in [-0.15, -0.1) is 0 Å². The normalized spacial score (nSPS) is 13.1. The Kier molecular flexibility index (Phi) is 3.43. The smallest absolute Gasteiger partial charge is 0.180 e. The van der Waals surface area contributed by atoms with Crippen molar-refractivity contribution in [2.75, 3.05) is 13.7 Å². The molecule has 2 aromatic rings. The zero-order chi connectivity index (χ0) is 11.4. The zero-order valence-electron chi connectivity index (χ0n) is 9.18. The van der Waals surface area contributed by atoms with E-state index in [1.807, 2.05) is 0 Å². The molecule has 2 rings (SSSR count). The number of ether oxygens (including phenoxy) is 1. The maximum atomic E-state index is 6.00. The molecule has 86 valence electrons. The Hall–Kier alpha value is -1.53. The molecule has 0 bridgehead atoms. The Bertz CT molecular complexity index is 422. The summed E-state index contributed by atoms with van der Waals surface area (Å²) < 4.78 is 4.98. The van der Waals surface area contributed by atoms with Gasteiger partial charge in [-0.3, -0.25) is 0 Å². The second kappa shape index (κ2) is 5.00. The van der Waals surface area contributed by atoms with Crippen LogP contribution in [0, 0.1) is 0 Å². The molecule has 2 aromatic heterocycles. The van der Waals surface area contributed by atoms with E-state index in [0.29, 0.717) is 12.3 Å². The number of fused-ring (bicyclic) bond motifs is 1. The number of methoxy groups -OCH3 is 1. The first-order chi connectivity index (χ1) is 7.81. The lowest BCUT2D eigenvalue weighted by atomic mass is 10.1. The largest absolute Gasteiger partial charge is 0.385 e. The quantitative estimate of drug-likeness (QED) is 0.728. The average Bonchev–Trinajstić information content (AvgIpc) is 2.73. The molecule has 0 aliphatic rings. The number of H-pyrrole nitrogens is 1. The number of nitrogens with two attached hydrogens (primary N) is 1. The molecular formula is C10H15N5O. The van der Waals surface area contributed by atoms with Crippen molar-refractivity contribution in [3.8, 4) is 0 Å². The second-order valence-electron chi connectivity index (χ2n) is 3.62. The number of aromatic nitrogens is 4. The van der Waals surface area contributed by atoms with Gasteiger partial charge >= 0.3 is 0 Å². The number of hydrogen-bond acceptors (Lipinski definition) is 5. The third-order valence-corrected chi connectivity index (χ3v) is 2.40. The molecule has 1 unspecified atom stereocenters. The number of imidazole rings is 1. The topological polar surface area (TPSA) is 89.7 Å². The molecule has 0 aliphatic carbocycles.